The van der Waals surface area contributed by atoms with Gasteiger partial charge in [0.2, 0.25) is 6.41 Å². The van der Waals surface area contributed by atoms with Crippen molar-refractivity contribution in [3.63, 3.8) is 0 Å². The number of hydrogen-bond donors (Lipinski definition) is 1. The second kappa shape index (κ2) is 10.3. The third-order valence-electron chi connectivity index (χ3n) is 7.67. The summed E-state index contributed by atoms with van der Waals surface area (Å²) in [5.74, 6) is 1.61. The molecule has 1 N–H and O–H groups in total. The van der Waals surface area contributed by atoms with Crippen LogP contribution in [0, 0.1) is 0 Å². The van der Waals surface area contributed by atoms with Gasteiger partial charge in [0.25, 0.3) is 0 Å². The largest absolute Gasteiger partial charge is 0.494 e. The molecule has 1 saturated heterocycles. The van der Waals surface area contributed by atoms with Gasteiger partial charge in [0.05, 0.1) is 23.4 Å². The molecule has 1 atom stereocenters. The smallest absolute Gasteiger partial charge is 0.399 e. The first-order chi connectivity index (χ1) is 17.4. The maximum atomic E-state index is 11.3. The summed E-state index contributed by atoms with van der Waals surface area (Å²) in [5, 5.41) is 2.76. The zero-order chi connectivity index (χ0) is 27.0. The minimum atomic E-state index is -0.402. The maximum Gasteiger partial charge on any atom is 0.494 e. The van der Waals surface area contributed by atoms with E-state index in [9.17, 15) is 4.79 Å². The van der Waals surface area contributed by atoms with Crippen molar-refractivity contribution in [2.75, 3.05) is 17.3 Å². The highest BCUT2D eigenvalue weighted by Crippen LogP contribution is 2.37. The number of hydrogen-bond acceptors (Lipinski definition) is 6. The lowest BCUT2D eigenvalue weighted by atomic mass is 9.78. The van der Waals surface area contributed by atoms with Crippen LogP contribution in [0.25, 0.3) is 11.4 Å². The molecule has 0 bridgehead atoms. The Hall–Kier alpha value is -3.23. The highest BCUT2D eigenvalue weighted by atomic mass is 16.7. The Labute approximate surface area is 220 Å². The van der Waals surface area contributed by atoms with Crippen molar-refractivity contribution < 1.29 is 14.1 Å². The van der Waals surface area contributed by atoms with Crippen LogP contribution in [0.4, 0.5) is 11.5 Å². The first-order valence-corrected chi connectivity index (χ1v) is 12.8. The number of amides is 1. The monoisotopic (exact) mass is 500 g/mol. The van der Waals surface area contributed by atoms with Gasteiger partial charge in [-0.1, -0.05) is 62.4 Å². The average molecular weight is 500 g/mol. The Morgan fingerprint density at radius 2 is 1.59 bits per heavy atom. The number of aromatic nitrogens is 2. The fraction of sp³-hybridized carbons (Fsp3) is 0.414. The van der Waals surface area contributed by atoms with Gasteiger partial charge in [-0.15, -0.1) is 0 Å². The lowest BCUT2D eigenvalue weighted by Crippen LogP contribution is -2.41. The molecular formula is C29H37BN4O3. The van der Waals surface area contributed by atoms with Gasteiger partial charge in [0.1, 0.15) is 5.69 Å². The zero-order valence-corrected chi connectivity index (χ0v) is 23.1. The third-order valence-corrected chi connectivity index (χ3v) is 7.67. The summed E-state index contributed by atoms with van der Waals surface area (Å²) in [4.78, 5) is 22.9. The van der Waals surface area contributed by atoms with E-state index in [-0.39, 0.29) is 17.2 Å². The van der Waals surface area contributed by atoms with Crippen LogP contribution in [-0.2, 0) is 14.1 Å². The number of rotatable bonds is 8. The van der Waals surface area contributed by atoms with Crippen molar-refractivity contribution in [3.8, 4) is 11.4 Å². The van der Waals surface area contributed by atoms with Gasteiger partial charge in [-0.2, -0.15) is 0 Å². The molecule has 3 aromatic rings. The molecule has 0 aliphatic carbocycles. The molecular weight excluding hydrogens is 463 g/mol. The number of nitrogens with one attached hydrogen (secondary N) is 1. The van der Waals surface area contributed by atoms with E-state index < -0.39 is 7.12 Å². The van der Waals surface area contributed by atoms with Gasteiger partial charge in [-0.25, -0.2) is 9.97 Å². The predicted molar refractivity (Wildman–Crippen MR) is 150 cm³/mol. The van der Waals surface area contributed by atoms with Gasteiger partial charge in [0.15, 0.2) is 11.6 Å². The second-order valence-corrected chi connectivity index (χ2v) is 11.0. The van der Waals surface area contributed by atoms with Crippen molar-refractivity contribution in [2.45, 2.75) is 71.6 Å². The summed E-state index contributed by atoms with van der Waals surface area (Å²) in [5.41, 5.74) is 4.04. The quantitative estimate of drug-likeness (QED) is 0.333. The van der Waals surface area contributed by atoms with Crippen molar-refractivity contribution >= 4 is 30.5 Å². The highest BCUT2D eigenvalue weighted by Gasteiger charge is 2.51. The number of carbonyl (C=O) groups excluding carboxylic acids is 1. The van der Waals surface area contributed by atoms with Gasteiger partial charge < -0.3 is 19.5 Å². The van der Waals surface area contributed by atoms with Crippen LogP contribution in [0.2, 0.25) is 0 Å². The standard InChI is InChI=1S/C29H37BN4O3/c1-19(2)23-11-9-10-12-24(23)26-31-17-25(32-18-35)27(33-26)34(8)20(3)21-13-15-22(16-14-21)30-36-28(4,5)29(6,7)37-30/h9-20H,1-8H3,(H,32,35). The number of carbonyl (C=O) groups is 1. The summed E-state index contributed by atoms with van der Waals surface area (Å²) < 4.78 is 12.4. The minimum Gasteiger partial charge on any atom is -0.399 e. The van der Waals surface area contributed by atoms with E-state index in [1.54, 1.807) is 6.20 Å². The van der Waals surface area contributed by atoms with Crippen molar-refractivity contribution in [2.24, 2.45) is 0 Å². The van der Waals surface area contributed by atoms with Gasteiger partial charge in [-0.3, -0.25) is 4.79 Å². The van der Waals surface area contributed by atoms with Crippen LogP contribution >= 0.6 is 0 Å². The lowest BCUT2D eigenvalue weighted by Gasteiger charge is -2.32. The highest BCUT2D eigenvalue weighted by molar-refractivity contribution is 6.62. The zero-order valence-electron chi connectivity index (χ0n) is 23.1. The first-order valence-electron chi connectivity index (χ1n) is 12.8. The Kier molecular flexibility index (Phi) is 7.44. The fourth-order valence-electron chi connectivity index (χ4n) is 4.46. The SMILES string of the molecule is CC(C)c1ccccc1-c1ncc(NC=O)c(N(C)C(C)c2ccc(B3OC(C)(C)C(C)(C)O3)cc2)n1. The number of benzene rings is 2. The van der Waals surface area contributed by atoms with Crippen LogP contribution in [0.3, 0.4) is 0 Å². The molecule has 1 aliphatic rings. The first kappa shape index (κ1) is 26.8. The molecule has 4 rings (SSSR count). The van der Waals surface area contributed by atoms with E-state index in [0.29, 0.717) is 29.7 Å². The lowest BCUT2D eigenvalue weighted by molar-refractivity contribution is -0.105. The van der Waals surface area contributed by atoms with E-state index in [2.05, 4.69) is 94.0 Å². The van der Waals surface area contributed by atoms with E-state index in [1.807, 2.05) is 25.2 Å². The van der Waals surface area contributed by atoms with Crippen LogP contribution < -0.4 is 15.7 Å². The predicted octanol–water partition coefficient (Wildman–Crippen LogP) is 5.33. The van der Waals surface area contributed by atoms with Crippen molar-refractivity contribution in [1.29, 1.82) is 0 Å². The summed E-state index contributed by atoms with van der Waals surface area (Å²) >= 11 is 0. The molecule has 8 heteroatoms. The Bertz CT molecular complexity index is 1240. The van der Waals surface area contributed by atoms with E-state index >= 15 is 0 Å². The Balaban J connectivity index is 1.63. The summed E-state index contributed by atoms with van der Waals surface area (Å²) in [6, 6.07) is 16.4. The summed E-state index contributed by atoms with van der Waals surface area (Å²) in [7, 11) is 1.57. The maximum absolute atomic E-state index is 11.3. The molecule has 37 heavy (non-hydrogen) atoms. The molecule has 7 nitrogen and oxygen atoms in total. The van der Waals surface area contributed by atoms with Crippen LogP contribution in [-0.4, -0.2) is 41.7 Å². The van der Waals surface area contributed by atoms with E-state index in [1.165, 1.54) is 5.56 Å². The molecule has 1 aliphatic heterocycles. The summed E-state index contributed by atoms with van der Waals surface area (Å²) in [6.45, 7) is 14.6. The van der Waals surface area contributed by atoms with Crippen molar-refractivity contribution in [1.82, 2.24) is 9.97 Å². The van der Waals surface area contributed by atoms with Crippen LogP contribution in [0.5, 0.6) is 0 Å². The molecule has 0 spiro atoms. The molecule has 194 valence electrons. The van der Waals surface area contributed by atoms with Crippen LogP contribution in [0.15, 0.2) is 54.7 Å². The normalized spacial score (nSPS) is 17.1. The molecule has 2 aromatic carbocycles. The number of anilines is 2. The fourth-order valence-corrected chi connectivity index (χ4v) is 4.46. The van der Waals surface area contributed by atoms with Gasteiger partial charge >= 0.3 is 7.12 Å². The second-order valence-electron chi connectivity index (χ2n) is 11.0. The Morgan fingerprint density at radius 1 is 0.973 bits per heavy atom. The van der Waals surface area contributed by atoms with Gasteiger partial charge in [0, 0.05) is 12.6 Å². The van der Waals surface area contributed by atoms with E-state index in [4.69, 9.17) is 14.3 Å². The molecule has 1 aromatic heterocycles. The average Bonchev–Trinajstić information content (AvgIpc) is 3.10. The Morgan fingerprint density at radius 3 is 2.19 bits per heavy atom. The minimum absolute atomic E-state index is 0.0253. The molecule has 1 fully saturated rings. The third kappa shape index (κ3) is 5.27. The van der Waals surface area contributed by atoms with E-state index in [0.717, 1.165) is 16.6 Å². The van der Waals surface area contributed by atoms with Crippen LogP contribution in [0.1, 0.15) is 71.6 Å². The number of nitrogens with zero attached hydrogens (tertiary/aromatic N) is 3. The molecule has 1 amide bonds. The summed E-state index contributed by atoms with van der Waals surface area (Å²) in [6.07, 6.45) is 2.33. The topological polar surface area (TPSA) is 76.6 Å². The molecule has 0 saturated carbocycles. The molecule has 2 heterocycles. The van der Waals surface area contributed by atoms with Gasteiger partial charge in [-0.05, 0) is 57.1 Å². The molecule has 0 radical (unpaired) electrons. The molecule has 1 unspecified atom stereocenters. The van der Waals surface area contributed by atoms with Crippen molar-refractivity contribution in [3.05, 3.63) is 65.9 Å².